The first kappa shape index (κ1) is 17.7. The van der Waals surface area contributed by atoms with E-state index in [-0.39, 0.29) is 34.8 Å². The summed E-state index contributed by atoms with van der Waals surface area (Å²) >= 11 is 0. The summed E-state index contributed by atoms with van der Waals surface area (Å²) in [6.07, 6.45) is 5.99. The molecule has 29 heavy (non-hydrogen) atoms. The molecule has 5 heterocycles. The molecular formula is C19H18FN7O2. The molecule has 2 amide bonds. The summed E-state index contributed by atoms with van der Waals surface area (Å²) in [7, 11) is 0. The van der Waals surface area contributed by atoms with Crippen molar-refractivity contribution in [2.45, 2.75) is 6.92 Å². The van der Waals surface area contributed by atoms with Crippen molar-refractivity contribution < 1.29 is 14.0 Å². The van der Waals surface area contributed by atoms with Crippen LogP contribution in [0.1, 0.15) is 16.2 Å². The third-order valence-corrected chi connectivity index (χ3v) is 5.37. The van der Waals surface area contributed by atoms with Crippen molar-refractivity contribution in [2.75, 3.05) is 29.9 Å². The molecule has 148 valence electrons. The zero-order valence-corrected chi connectivity index (χ0v) is 15.6. The second-order valence-corrected chi connectivity index (χ2v) is 7.38. The summed E-state index contributed by atoms with van der Waals surface area (Å²) < 4.78 is 15.7. The van der Waals surface area contributed by atoms with Gasteiger partial charge in [0.15, 0.2) is 17.3 Å². The number of aromatic nitrogens is 4. The summed E-state index contributed by atoms with van der Waals surface area (Å²) in [5, 5.41) is 5.83. The molecule has 0 unspecified atom stereocenters. The number of nitrogens with zero attached hydrogens (tertiary/aromatic N) is 5. The van der Waals surface area contributed by atoms with Gasteiger partial charge in [0.2, 0.25) is 5.91 Å². The van der Waals surface area contributed by atoms with E-state index in [0.717, 1.165) is 6.54 Å². The Morgan fingerprint density at radius 1 is 1.28 bits per heavy atom. The molecule has 3 aromatic rings. The van der Waals surface area contributed by atoms with Crippen LogP contribution in [-0.4, -0.2) is 50.8 Å². The molecule has 5 rings (SSSR count). The maximum Gasteiger partial charge on any atom is 0.275 e. The normalized spacial score (nSPS) is 21.0. The van der Waals surface area contributed by atoms with Crippen molar-refractivity contribution in [1.29, 1.82) is 0 Å². The van der Waals surface area contributed by atoms with Gasteiger partial charge in [-0.05, 0) is 6.92 Å². The SMILES string of the molecule is Cc1cn2cc(NC(=O)c3cnc(N4C[C@H]5CNC[C@H]5C4=O)cn3)cc(F)c2n1. The topological polar surface area (TPSA) is 105 Å². The molecule has 2 aliphatic heterocycles. The molecular weight excluding hydrogens is 377 g/mol. The maximum absolute atomic E-state index is 14.2. The molecule has 0 aliphatic carbocycles. The fourth-order valence-electron chi connectivity index (χ4n) is 3.97. The molecule has 2 N–H and O–H groups in total. The lowest BCUT2D eigenvalue weighted by Gasteiger charge is -2.16. The van der Waals surface area contributed by atoms with Gasteiger partial charge >= 0.3 is 0 Å². The first-order chi connectivity index (χ1) is 14.0. The van der Waals surface area contributed by atoms with Crippen molar-refractivity contribution in [1.82, 2.24) is 24.7 Å². The number of nitrogens with one attached hydrogen (secondary N) is 2. The first-order valence-corrected chi connectivity index (χ1v) is 9.30. The average Bonchev–Trinajstić information content (AvgIpc) is 3.38. The second-order valence-electron chi connectivity index (χ2n) is 7.38. The first-order valence-electron chi connectivity index (χ1n) is 9.30. The third-order valence-electron chi connectivity index (χ3n) is 5.37. The van der Waals surface area contributed by atoms with Crippen molar-refractivity contribution in [3.05, 3.63) is 48.1 Å². The van der Waals surface area contributed by atoms with Crippen LogP contribution in [0.4, 0.5) is 15.9 Å². The number of imidazole rings is 1. The molecule has 2 aliphatic rings. The highest BCUT2D eigenvalue weighted by Gasteiger charge is 2.44. The monoisotopic (exact) mass is 395 g/mol. The van der Waals surface area contributed by atoms with Gasteiger partial charge in [-0.3, -0.25) is 14.5 Å². The van der Waals surface area contributed by atoms with Gasteiger partial charge in [-0.15, -0.1) is 0 Å². The van der Waals surface area contributed by atoms with Crippen molar-refractivity contribution in [3.63, 3.8) is 0 Å². The van der Waals surface area contributed by atoms with Gasteiger partial charge in [-0.1, -0.05) is 0 Å². The number of carbonyl (C=O) groups excluding carboxylic acids is 2. The third kappa shape index (κ3) is 3.01. The van der Waals surface area contributed by atoms with Gasteiger partial charge in [-0.25, -0.2) is 19.3 Å². The Labute approximate surface area is 165 Å². The number of carbonyl (C=O) groups is 2. The van der Waals surface area contributed by atoms with Gasteiger partial charge in [0.1, 0.15) is 5.69 Å². The number of hydrogen-bond donors (Lipinski definition) is 2. The Balaban J connectivity index is 1.33. The molecule has 0 bridgehead atoms. The second kappa shape index (κ2) is 6.59. The lowest BCUT2D eigenvalue weighted by molar-refractivity contribution is -0.120. The fraction of sp³-hybridized carbons (Fsp3) is 0.316. The fourth-order valence-corrected chi connectivity index (χ4v) is 3.97. The van der Waals surface area contributed by atoms with Gasteiger partial charge in [0.25, 0.3) is 5.91 Å². The number of anilines is 2. The van der Waals surface area contributed by atoms with Crippen LogP contribution in [0.2, 0.25) is 0 Å². The van der Waals surface area contributed by atoms with E-state index < -0.39 is 11.7 Å². The number of rotatable bonds is 3. The Morgan fingerprint density at radius 2 is 2.14 bits per heavy atom. The summed E-state index contributed by atoms with van der Waals surface area (Å²) in [5.74, 6) is -0.327. The summed E-state index contributed by atoms with van der Waals surface area (Å²) in [6, 6.07) is 1.21. The van der Waals surface area contributed by atoms with Crippen LogP contribution in [0.15, 0.2) is 30.9 Å². The highest BCUT2D eigenvalue weighted by atomic mass is 19.1. The molecule has 0 spiro atoms. The number of halogens is 1. The van der Waals surface area contributed by atoms with Crippen molar-refractivity contribution in [2.24, 2.45) is 11.8 Å². The van der Waals surface area contributed by atoms with Crippen LogP contribution in [-0.2, 0) is 4.79 Å². The molecule has 2 atom stereocenters. The maximum atomic E-state index is 14.2. The Kier molecular flexibility index (Phi) is 4.02. The number of hydrogen-bond acceptors (Lipinski definition) is 6. The Morgan fingerprint density at radius 3 is 2.90 bits per heavy atom. The number of amides is 2. The smallest absolute Gasteiger partial charge is 0.275 e. The van der Waals surface area contributed by atoms with Crippen LogP contribution < -0.4 is 15.5 Å². The minimum Gasteiger partial charge on any atom is -0.319 e. The molecule has 0 radical (unpaired) electrons. The highest BCUT2D eigenvalue weighted by Crippen LogP contribution is 2.30. The Bertz CT molecular complexity index is 1130. The van der Waals surface area contributed by atoms with E-state index in [1.54, 1.807) is 24.2 Å². The van der Waals surface area contributed by atoms with Crippen LogP contribution in [0.3, 0.4) is 0 Å². The quantitative estimate of drug-likeness (QED) is 0.686. The van der Waals surface area contributed by atoms with Gasteiger partial charge in [0, 0.05) is 44.0 Å². The standard InChI is InChI=1S/C19H18FN7O2/c1-10-7-26-9-12(2-14(20)17(26)24-10)25-18(28)15-5-23-16(6-22-15)27-8-11-3-21-4-13(11)19(27)29/h2,5-7,9,11,13,21H,3-4,8H2,1H3,(H,25,28)/t11-,13-/m1/s1. The predicted molar refractivity (Wildman–Crippen MR) is 102 cm³/mol. The highest BCUT2D eigenvalue weighted by molar-refractivity contribution is 6.03. The van der Waals surface area contributed by atoms with Crippen LogP contribution in [0, 0.1) is 24.6 Å². The molecule has 0 saturated carbocycles. The number of pyridine rings is 1. The minimum atomic E-state index is -0.537. The van der Waals surface area contributed by atoms with Gasteiger partial charge in [0.05, 0.1) is 29.7 Å². The molecule has 3 aromatic heterocycles. The molecule has 9 nitrogen and oxygen atoms in total. The zero-order valence-electron chi connectivity index (χ0n) is 15.6. The molecule has 10 heteroatoms. The van der Waals surface area contributed by atoms with Crippen LogP contribution in [0.25, 0.3) is 5.65 Å². The average molecular weight is 395 g/mol. The Hall–Kier alpha value is -3.40. The summed E-state index contributed by atoms with van der Waals surface area (Å²) in [5.41, 5.74) is 1.22. The lowest BCUT2D eigenvalue weighted by Crippen LogP contribution is -2.31. The predicted octanol–water partition coefficient (Wildman–Crippen LogP) is 1.01. The summed E-state index contributed by atoms with van der Waals surface area (Å²) in [6.45, 7) is 3.86. The van der Waals surface area contributed by atoms with E-state index in [4.69, 9.17) is 0 Å². The number of fused-ring (bicyclic) bond motifs is 2. The van der Waals surface area contributed by atoms with Crippen LogP contribution in [0.5, 0.6) is 0 Å². The van der Waals surface area contributed by atoms with Crippen molar-refractivity contribution >= 4 is 29.0 Å². The van der Waals surface area contributed by atoms with Crippen molar-refractivity contribution in [3.8, 4) is 0 Å². The lowest BCUT2D eigenvalue weighted by atomic mass is 10.0. The molecule has 2 saturated heterocycles. The molecule has 2 fully saturated rings. The van der Waals surface area contributed by atoms with Crippen LogP contribution >= 0.6 is 0 Å². The van der Waals surface area contributed by atoms with Gasteiger partial charge in [-0.2, -0.15) is 0 Å². The van der Waals surface area contributed by atoms with Gasteiger partial charge < -0.3 is 15.0 Å². The van der Waals surface area contributed by atoms with E-state index in [9.17, 15) is 14.0 Å². The largest absolute Gasteiger partial charge is 0.319 e. The zero-order chi connectivity index (χ0) is 20.1. The molecule has 0 aromatic carbocycles. The minimum absolute atomic E-state index is 0.0172. The van der Waals surface area contributed by atoms with E-state index in [0.29, 0.717) is 24.6 Å². The van der Waals surface area contributed by atoms with E-state index in [1.807, 2.05) is 0 Å². The number of aryl methyl sites for hydroxylation is 1. The van der Waals surface area contributed by atoms with E-state index in [1.165, 1.54) is 22.9 Å². The summed E-state index contributed by atoms with van der Waals surface area (Å²) in [4.78, 5) is 39.0. The van der Waals surface area contributed by atoms with E-state index in [2.05, 4.69) is 25.6 Å². The van der Waals surface area contributed by atoms with E-state index >= 15 is 0 Å².